The van der Waals surface area contributed by atoms with E-state index in [0.29, 0.717) is 10.6 Å². The molecule has 2 aromatic carbocycles. The first kappa shape index (κ1) is 23.6. The lowest BCUT2D eigenvalue weighted by Crippen LogP contribution is -2.34. The SMILES string of the molecule is C=C(SC(=NC)c1ccc(F)c(C#N)c1)c1cccc2c1CCC2NC(=O)OC(C)(C)C. The molecule has 32 heavy (non-hydrogen) atoms. The third-order valence-electron chi connectivity index (χ3n) is 5.02. The van der Waals surface area contributed by atoms with E-state index >= 15 is 0 Å². The van der Waals surface area contributed by atoms with Gasteiger partial charge in [-0.3, -0.25) is 4.99 Å². The van der Waals surface area contributed by atoms with E-state index in [-0.39, 0.29) is 11.6 Å². The number of rotatable bonds is 4. The van der Waals surface area contributed by atoms with Crippen LogP contribution in [0.4, 0.5) is 9.18 Å². The Bertz CT molecular complexity index is 1130. The average molecular weight is 452 g/mol. The van der Waals surface area contributed by atoms with Gasteiger partial charge >= 0.3 is 6.09 Å². The number of alkyl carbamates (subject to hydrolysis) is 1. The van der Waals surface area contributed by atoms with Crippen molar-refractivity contribution in [1.29, 1.82) is 5.26 Å². The van der Waals surface area contributed by atoms with Crippen LogP contribution in [-0.4, -0.2) is 23.8 Å². The lowest BCUT2D eigenvalue weighted by molar-refractivity contribution is 0.0503. The minimum absolute atomic E-state index is 0.0217. The number of benzene rings is 2. The fraction of sp³-hybridized carbons (Fsp3) is 0.320. The summed E-state index contributed by atoms with van der Waals surface area (Å²) < 4.78 is 19.1. The van der Waals surface area contributed by atoms with E-state index in [9.17, 15) is 9.18 Å². The van der Waals surface area contributed by atoms with Crippen molar-refractivity contribution in [3.8, 4) is 6.07 Å². The fourth-order valence-corrected chi connectivity index (χ4v) is 4.54. The number of hydrogen-bond donors (Lipinski definition) is 1. The Balaban J connectivity index is 1.80. The third-order valence-corrected chi connectivity index (χ3v) is 6.10. The highest BCUT2D eigenvalue weighted by atomic mass is 32.2. The molecule has 0 saturated carbocycles. The topological polar surface area (TPSA) is 74.5 Å². The summed E-state index contributed by atoms with van der Waals surface area (Å²) in [5.74, 6) is -0.556. The lowest BCUT2D eigenvalue weighted by atomic mass is 10.0. The predicted molar refractivity (Wildman–Crippen MR) is 127 cm³/mol. The van der Waals surface area contributed by atoms with Crippen LogP contribution in [0.3, 0.4) is 0 Å². The molecule has 166 valence electrons. The molecule has 1 aliphatic rings. The van der Waals surface area contributed by atoms with Crippen molar-refractivity contribution >= 4 is 27.8 Å². The van der Waals surface area contributed by atoms with E-state index in [1.807, 2.05) is 45.0 Å². The number of nitrogens with zero attached hydrogens (tertiary/aromatic N) is 2. The molecule has 0 fully saturated rings. The van der Waals surface area contributed by atoms with Gasteiger partial charge in [0.2, 0.25) is 0 Å². The lowest BCUT2D eigenvalue weighted by Gasteiger charge is -2.22. The Morgan fingerprint density at radius 1 is 1.34 bits per heavy atom. The first-order chi connectivity index (χ1) is 15.1. The van der Waals surface area contributed by atoms with E-state index in [2.05, 4.69) is 16.9 Å². The van der Waals surface area contributed by atoms with Crippen LogP contribution in [0.15, 0.2) is 48.0 Å². The van der Waals surface area contributed by atoms with E-state index in [4.69, 9.17) is 10.00 Å². The van der Waals surface area contributed by atoms with Crippen LogP contribution in [0.25, 0.3) is 4.91 Å². The number of aliphatic imine (C=N–C) groups is 1. The highest BCUT2D eigenvalue weighted by molar-refractivity contribution is 8.22. The second-order valence-corrected chi connectivity index (χ2v) is 9.55. The van der Waals surface area contributed by atoms with Crippen molar-refractivity contribution in [1.82, 2.24) is 5.32 Å². The van der Waals surface area contributed by atoms with Gasteiger partial charge in [-0.15, -0.1) is 0 Å². The maximum atomic E-state index is 13.7. The standard InChI is InChI=1S/C25H26FN3O2S/c1-15(32-23(28-5)16-9-11-21(26)17(13-16)14-27)18-7-6-8-20-19(18)10-12-22(20)29-24(30)31-25(2,3)4/h6-9,11,13,22H,1,10,12H2,2-5H3,(H,29,30). The molecule has 0 saturated heterocycles. The summed E-state index contributed by atoms with van der Waals surface area (Å²) >= 11 is 1.38. The van der Waals surface area contributed by atoms with Crippen LogP contribution in [0.2, 0.25) is 0 Å². The number of nitrogens with one attached hydrogen (secondary N) is 1. The molecule has 0 radical (unpaired) electrons. The van der Waals surface area contributed by atoms with Crippen LogP contribution in [0.1, 0.15) is 61.1 Å². The van der Waals surface area contributed by atoms with Crippen LogP contribution < -0.4 is 5.32 Å². The van der Waals surface area contributed by atoms with Crippen molar-refractivity contribution in [2.24, 2.45) is 4.99 Å². The summed E-state index contributed by atoms with van der Waals surface area (Å²) in [6.45, 7) is 9.75. The van der Waals surface area contributed by atoms with Gasteiger partial charge in [-0.25, -0.2) is 9.18 Å². The summed E-state index contributed by atoms with van der Waals surface area (Å²) in [5.41, 5.74) is 3.27. The highest BCUT2D eigenvalue weighted by Gasteiger charge is 2.28. The Morgan fingerprint density at radius 2 is 2.09 bits per heavy atom. The van der Waals surface area contributed by atoms with Crippen molar-refractivity contribution in [2.45, 2.75) is 45.3 Å². The van der Waals surface area contributed by atoms with Crippen LogP contribution in [0, 0.1) is 17.1 Å². The molecule has 0 heterocycles. The second-order valence-electron chi connectivity index (χ2n) is 8.47. The molecule has 0 bridgehead atoms. The van der Waals surface area contributed by atoms with Crippen molar-refractivity contribution < 1.29 is 13.9 Å². The molecule has 0 aromatic heterocycles. The maximum absolute atomic E-state index is 13.7. The first-order valence-corrected chi connectivity index (χ1v) is 11.1. The molecule has 1 amide bonds. The summed E-state index contributed by atoms with van der Waals surface area (Å²) in [5, 5.41) is 12.7. The normalized spacial score (nSPS) is 15.6. The van der Waals surface area contributed by atoms with Gasteiger partial charge in [-0.1, -0.05) is 36.5 Å². The highest BCUT2D eigenvalue weighted by Crippen LogP contribution is 2.39. The van der Waals surface area contributed by atoms with Gasteiger partial charge in [-0.2, -0.15) is 5.26 Å². The number of hydrogen-bond acceptors (Lipinski definition) is 5. The number of amides is 1. The van der Waals surface area contributed by atoms with E-state index in [1.165, 1.54) is 23.9 Å². The molecule has 1 aliphatic carbocycles. The van der Waals surface area contributed by atoms with E-state index in [1.54, 1.807) is 13.1 Å². The zero-order chi connectivity index (χ0) is 23.5. The van der Waals surface area contributed by atoms with E-state index in [0.717, 1.165) is 34.4 Å². The number of nitriles is 1. The molecule has 5 nitrogen and oxygen atoms in total. The molecule has 3 rings (SSSR count). The van der Waals surface area contributed by atoms with Gasteiger partial charge < -0.3 is 10.1 Å². The second kappa shape index (κ2) is 9.58. The fourth-order valence-electron chi connectivity index (χ4n) is 3.66. The van der Waals surface area contributed by atoms with Crippen molar-refractivity contribution in [2.75, 3.05) is 7.05 Å². The van der Waals surface area contributed by atoms with Crippen LogP contribution in [-0.2, 0) is 11.2 Å². The van der Waals surface area contributed by atoms with Gasteiger partial charge in [0, 0.05) is 17.5 Å². The maximum Gasteiger partial charge on any atom is 0.408 e. The van der Waals surface area contributed by atoms with Crippen LogP contribution in [0.5, 0.6) is 0 Å². The van der Waals surface area contributed by atoms with Crippen LogP contribution >= 0.6 is 11.8 Å². The Hall–Kier alpha value is -3.11. The van der Waals surface area contributed by atoms with Crippen molar-refractivity contribution in [3.63, 3.8) is 0 Å². The zero-order valence-electron chi connectivity index (χ0n) is 18.7. The Morgan fingerprint density at radius 3 is 2.75 bits per heavy atom. The first-order valence-electron chi connectivity index (χ1n) is 10.3. The molecule has 7 heteroatoms. The molecule has 1 unspecified atom stereocenters. The van der Waals surface area contributed by atoms with Crippen molar-refractivity contribution in [3.05, 3.63) is 76.6 Å². The number of carbonyl (C=O) groups is 1. The summed E-state index contributed by atoms with van der Waals surface area (Å²) in [6.07, 6.45) is 1.15. The molecule has 0 aliphatic heterocycles. The van der Waals surface area contributed by atoms with Gasteiger partial charge in [0.15, 0.2) is 0 Å². The number of thioether (sulfide) groups is 1. The van der Waals surface area contributed by atoms with Gasteiger partial charge in [0.1, 0.15) is 22.5 Å². The van der Waals surface area contributed by atoms with Gasteiger partial charge in [0.05, 0.1) is 11.6 Å². The summed E-state index contributed by atoms with van der Waals surface area (Å²) in [6, 6.07) is 12.1. The van der Waals surface area contributed by atoms with E-state index < -0.39 is 17.5 Å². The number of ether oxygens (including phenoxy) is 1. The quantitative estimate of drug-likeness (QED) is 0.458. The molecule has 1 N–H and O–H groups in total. The molecule has 1 atom stereocenters. The molecular weight excluding hydrogens is 425 g/mol. The zero-order valence-corrected chi connectivity index (χ0v) is 19.5. The average Bonchev–Trinajstić information content (AvgIpc) is 3.13. The van der Waals surface area contributed by atoms with Gasteiger partial charge in [-0.05, 0) is 68.5 Å². The Labute approximate surface area is 192 Å². The Kier molecular flexibility index (Phi) is 7.05. The smallest absolute Gasteiger partial charge is 0.408 e. The molecule has 2 aromatic rings. The minimum atomic E-state index is -0.556. The largest absolute Gasteiger partial charge is 0.444 e. The number of carbonyl (C=O) groups excluding carboxylic acids is 1. The number of halogens is 1. The monoisotopic (exact) mass is 451 g/mol. The molecule has 0 spiro atoms. The summed E-state index contributed by atoms with van der Waals surface area (Å²) in [4.78, 5) is 17.4. The third kappa shape index (κ3) is 5.38. The minimum Gasteiger partial charge on any atom is -0.444 e. The molecular formula is C25H26FN3O2S. The summed E-state index contributed by atoms with van der Waals surface area (Å²) in [7, 11) is 1.65. The number of fused-ring (bicyclic) bond motifs is 1. The van der Waals surface area contributed by atoms with Gasteiger partial charge in [0.25, 0.3) is 0 Å². The predicted octanol–water partition coefficient (Wildman–Crippen LogP) is 5.99.